The monoisotopic (exact) mass is 309 g/mol. The predicted molar refractivity (Wildman–Crippen MR) is 77.7 cm³/mol. The molecular formula is C14H13BrClN. The molecule has 2 aromatic rings. The fourth-order valence-corrected chi connectivity index (χ4v) is 2.04. The van der Waals surface area contributed by atoms with Gasteiger partial charge in [-0.15, -0.1) is 0 Å². The average molecular weight is 311 g/mol. The van der Waals surface area contributed by atoms with E-state index in [0.717, 1.165) is 27.3 Å². The summed E-state index contributed by atoms with van der Waals surface area (Å²) in [7, 11) is 0. The van der Waals surface area contributed by atoms with E-state index >= 15 is 0 Å². The Morgan fingerprint density at radius 3 is 2.53 bits per heavy atom. The van der Waals surface area contributed by atoms with Crippen LogP contribution in [0.3, 0.4) is 0 Å². The average Bonchev–Trinajstić information content (AvgIpc) is 2.33. The van der Waals surface area contributed by atoms with Gasteiger partial charge in [-0.2, -0.15) is 0 Å². The Balaban J connectivity index is 2.07. The van der Waals surface area contributed by atoms with Crippen molar-refractivity contribution in [1.82, 2.24) is 0 Å². The second kappa shape index (κ2) is 5.56. The molecule has 0 aliphatic heterocycles. The van der Waals surface area contributed by atoms with Gasteiger partial charge in [0.1, 0.15) is 0 Å². The molecule has 0 unspecified atom stereocenters. The summed E-state index contributed by atoms with van der Waals surface area (Å²) in [6.45, 7) is 2.82. The summed E-state index contributed by atoms with van der Waals surface area (Å²) in [5, 5.41) is 4.19. The van der Waals surface area contributed by atoms with Crippen molar-refractivity contribution < 1.29 is 0 Å². The molecule has 0 atom stereocenters. The van der Waals surface area contributed by atoms with Gasteiger partial charge in [-0.25, -0.2) is 0 Å². The number of hydrogen-bond acceptors (Lipinski definition) is 1. The highest BCUT2D eigenvalue weighted by Gasteiger charge is 2.01. The molecule has 0 saturated heterocycles. The third-order valence-corrected chi connectivity index (χ3v) is 3.60. The van der Waals surface area contributed by atoms with Crippen LogP contribution in [-0.4, -0.2) is 0 Å². The maximum absolute atomic E-state index is 6.07. The minimum Gasteiger partial charge on any atom is -0.381 e. The van der Waals surface area contributed by atoms with Gasteiger partial charge in [-0.3, -0.25) is 0 Å². The smallest absolute Gasteiger partial charge is 0.0455 e. The van der Waals surface area contributed by atoms with Crippen LogP contribution in [0.4, 0.5) is 5.69 Å². The lowest BCUT2D eigenvalue weighted by atomic mass is 10.2. The zero-order valence-electron chi connectivity index (χ0n) is 9.50. The lowest BCUT2D eigenvalue weighted by Crippen LogP contribution is -2.00. The molecule has 17 heavy (non-hydrogen) atoms. The van der Waals surface area contributed by atoms with E-state index in [0.29, 0.717) is 0 Å². The summed E-state index contributed by atoms with van der Waals surface area (Å²) in [6.07, 6.45) is 0. The third-order valence-electron chi connectivity index (χ3n) is 2.66. The van der Waals surface area contributed by atoms with Crippen LogP contribution >= 0.6 is 27.5 Å². The van der Waals surface area contributed by atoms with Crippen LogP contribution in [0.5, 0.6) is 0 Å². The summed E-state index contributed by atoms with van der Waals surface area (Å²) in [5.74, 6) is 0. The third kappa shape index (κ3) is 3.24. The molecule has 0 radical (unpaired) electrons. The summed E-state index contributed by atoms with van der Waals surface area (Å²) in [4.78, 5) is 0. The van der Waals surface area contributed by atoms with Crippen molar-refractivity contribution in [2.24, 2.45) is 0 Å². The number of nitrogens with one attached hydrogen (secondary N) is 1. The van der Waals surface area contributed by atoms with Crippen molar-refractivity contribution in [2.45, 2.75) is 13.5 Å². The molecule has 0 spiro atoms. The first-order valence-corrected chi connectivity index (χ1v) is 6.57. The van der Waals surface area contributed by atoms with Crippen LogP contribution in [-0.2, 0) is 6.54 Å². The van der Waals surface area contributed by atoms with Gasteiger partial charge in [-0.05, 0) is 42.3 Å². The largest absolute Gasteiger partial charge is 0.381 e. The second-order valence-corrected chi connectivity index (χ2v) is 5.22. The molecule has 1 nitrogen and oxygen atoms in total. The number of hydrogen-bond donors (Lipinski definition) is 1. The van der Waals surface area contributed by atoms with Gasteiger partial charge >= 0.3 is 0 Å². The number of benzene rings is 2. The quantitative estimate of drug-likeness (QED) is 0.839. The van der Waals surface area contributed by atoms with Crippen molar-refractivity contribution >= 4 is 33.2 Å². The first kappa shape index (κ1) is 12.5. The van der Waals surface area contributed by atoms with Crippen LogP contribution in [0, 0.1) is 6.92 Å². The molecule has 0 bridgehead atoms. The van der Waals surface area contributed by atoms with Crippen molar-refractivity contribution in [2.75, 3.05) is 5.32 Å². The number of halogens is 2. The van der Waals surface area contributed by atoms with Crippen LogP contribution in [0.15, 0.2) is 46.9 Å². The molecule has 0 heterocycles. The Bertz CT molecular complexity index is 508. The van der Waals surface area contributed by atoms with Crippen LogP contribution in [0.1, 0.15) is 11.1 Å². The van der Waals surface area contributed by atoms with Gasteiger partial charge in [0.05, 0.1) is 0 Å². The van der Waals surface area contributed by atoms with Crippen molar-refractivity contribution in [3.8, 4) is 0 Å². The molecule has 0 amide bonds. The summed E-state index contributed by atoms with van der Waals surface area (Å²) in [5.41, 5.74) is 3.42. The van der Waals surface area contributed by atoms with Gasteiger partial charge in [0.2, 0.25) is 0 Å². The van der Waals surface area contributed by atoms with Gasteiger partial charge in [0, 0.05) is 21.7 Å². The molecule has 2 rings (SSSR count). The molecule has 2 aromatic carbocycles. The van der Waals surface area contributed by atoms with Gasteiger partial charge in [-0.1, -0.05) is 45.7 Å². The Labute approximate surface area is 115 Å². The van der Waals surface area contributed by atoms with E-state index in [1.165, 1.54) is 5.56 Å². The highest BCUT2D eigenvalue weighted by Crippen LogP contribution is 2.23. The van der Waals surface area contributed by atoms with Gasteiger partial charge < -0.3 is 5.32 Å². The van der Waals surface area contributed by atoms with Gasteiger partial charge in [0.25, 0.3) is 0 Å². The van der Waals surface area contributed by atoms with E-state index in [9.17, 15) is 0 Å². The topological polar surface area (TPSA) is 12.0 Å². The molecule has 0 saturated carbocycles. The molecule has 0 fully saturated rings. The molecule has 0 aromatic heterocycles. The number of rotatable bonds is 3. The fraction of sp³-hybridized carbons (Fsp3) is 0.143. The highest BCUT2D eigenvalue weighted by molar-refractivity contribution is 9.10. The van der Waals surface area contributed by atoms with E-state index < -0.39 is 0 Å². The molecule has 0 aliphatic carbocycles. The SMILES string of the molecule is Cc1c(Cl)cccc1NCc1ccc(Br)cc1. The summed E-state index contributed by atoms with van der Waals surface area (Å²) < 4.78 is 1.10. The highest BCUT2D eigenvalue weighted by atomic mass is 79.9. The van der Waals surface area contributed by atoms with Crippen molar-refractivity contribution in [1.29, 1.82) is 0 Å². The standard InChI is InChI=1S/C14H13BrClN/c1-10-13(16)3-2-4-14(10)17-9-11-5-7-12(15)8-6-11/h2-8,17H,9H2,1H3. The normalized spacial score (nSPS) is 10.3. The van der Waals surface area contributed by atoms with Crippen LogP contribution in [0.2, 0.25) is 5.02 Å². The van der Waals surface area contributed by atoms with E-state index in [1.54, 1.807) is 0 Å². The molecular weight excluding hydrogens is 298 g/mol. The van der Waals surface area contributed by atoms with E-state index in [1.807, 2.05) is 37.3 Å². The number of anilines is 1. The van der Waals surface area contributed by atoms with E-state index in [4.69, 9.17) is 11.6 Å². The zero-order chi connectivity index (χ0) is 12.3. The Hall–Kier alpha value is -0.990. The van der Waals surface area contributed by atoms with Gasteiger partial charge in [0.15, 0.2) is 0 Å². The predicted octanol–water partition coefficient (Wildman–Crippen LogP) is 5.02. The van der Waals surface area contributed by atoms with Crippen LogP contribution < -0.4 is 5.32 Å². The second-order valence-electron chi connectivity index (χ2n) is 3.89. The van der Waals surface area contributed by atoms with Crippen molar-refractivity contribution in [3.63, 3.8) is 0 Å². The van der Waals surface area contributed by atoms with E-state index in [-0.39, 0.29) is 0 Å². The minimum atomic E-state index is 0.797. The molecule has 88 valence electrons. The maximum atomic E-state index is 6.07. The lowest BCUT2D eigenvalue weighted by Gasteiger charge is -2.10. The zero-order valence-corrected chi connectivity index (χ0v) is 11.8. The minimum absolute atomic E-state index is 0.797. The lowest BCUT2D eigenvalue weighted by molar-refractivity contribution is 1.14. The first-order valence-electron chi connectivity index (χ1n) is 5.40. The van der Waals surface area contributed by atoms with Crippen molar-refractivity contribution in [3.05, 3.63) is 63.1 Å². The van der Waals surface area contributed by atoms with E-state index in [2.05, 4.69) is 33.4 Å². The maximum Gasteiger partial charge on any atom is 0.0455 e. The molecule has 3 heteroatoms. The Morgan fingerprint density at radius 2 is 1.82 bits per heavy atom. The summed E-state index contributed by atoms with van der Waals surface area (Å²) in [6, 6.07) is 14.2. The first-order chi connectivity index (χ1) is 8.16. The fourth-order valence-electron chi connectivity index (χ4n) is 1.60. The summed E-state index contributed by atoms with van der Waals surface area (Å²) >= 11 is 9.49. The molecule has 1 N–H and O–H groups in total. The Kier molecular flexibility index (Phi) is 4.08. The van der Waals surface area contributed by atoms with Crippen LogP contribution in [0.25, 0.3) is 0 Å². The molecule has 0 aliphatic rings. The Morgan fingerprint density at radius 1 is 1.12 bits per heavy atom.